The number of aromatic nitrogens is 2. The Hall–Kier alpha value is -5.37. The van der Waals surface area contributed by atoms with Crippen LogP contribution >= 0.6 is 0 Å². The highest BCUT2D eigenvalue weighted by molar-refractivity contribution is 6.51. The molecule has 1 atom stereocenters. The molecule has 1 aromatic heterocycles. The third-order valence-electron chi connectivity index (χ3n) is 7.26. The van der Waals surface area contributed by atoms with Gasteiger partial charge in [0.2, 0.25) is 0 Å². The topological polar surface area (TPSA) is 87.3 Å². The Kier molecular flexibility index (Phi) is 6.00. The number of para-hydroxylation sites is 5. The van der Waals surface area contributed by atoms with Crippen LogP contribution in [0.3, 0.4) is 0 Å². The number of fused-ring (bicyclic) bond motifs is 4. The Morgan fingerprint density at radius 1 is 0.878 bits per heavy atom. The van der Waals surface area contributed by atoms with E-state index in [9.17, 15) is 5.11 Å². The maximum absolute atomic E-state index is 10.5. The first-order valence-corrected chi connectivity index (χ1v) is 13.6. The lowest BCUT2D eigenvalue weighted by Crippen LogP contribution is -2.46. The largest absolute Gasteiger partial charge is 0.508 e. The van der Waals surface area contributed by atoms with Crippen LogP contribution in [-0.4, -0.2) is 33.2 Å². The van der Waals surface area contributed by atoms with Crippen molar-refractivity contribution in [2.45, 2.75) is 19.9 Å². The van der Waals surface area contributed by atoms with Crippen LogP contribution in [0.5, 0.6) is 11.5 Å². The van der Waals surface area contributed by atoms with Crippen molar-refractivity contribution in [3.8, 4) is 17.2 Å². The highest BCUT2D eigenvalue weighted by Crippen LogP contribution is 2.48. The maximum Gasteiger partial charge on any atom is 0.179 e. The molecule has 2 N–H and O–H groups in total. The van der Waals surface area contributed by atoms with Crippen molar-refractivity contribution in [2.75, 3.05) is 16.8 Å². The van der Waals surface area contributed by atoms with Gasteiger partial charge in [-0.1, -0.05) is 54.6 Å². The summed E-state index contributed by atoms with van der Waals surface area (Å²) < 4.78 is 7.80. The molecule has 2 aliphatic rings. The van der Waals surface area contributed by atoms with Crippen LogP contribution in [0.2, 0.25) is 0 Å². The standard InChI is InChI=1S/C33H28N6O2/c1-3-41-28-19-10-8-17-26(28)35-31-33-36-32-29(21(2)37-39(32)23-13-5-4-6-14-23)30(22-12-11-15-24(40)20-22)38(33)27-18-9-7-16-25(27)34-31/h4-20,30,40H,3H2,1-2H3,(H,34,35)/t30-/m0/s1. The molecule has 3 heterocycles. The smallest absolute Gasteiger partial charge is 0.179 e. The van der Waals surface area contributed by atoms with Crippen molar-refractivity contribution < 1.29 is 9.84 Å². The van der Waals surface area contributed by atoms with Crippen LogP contribution < -0.4 is 15.0 Å². The molecule has 202 valence electrons. The van der Waals surface area contributed by atoms with Gasteiger partial charge in [-0.05, 0) is 67.9 Å². The number of phenolic OH excluding ortho intramolecular Hbond substituents is 1. The molecule has 0 bridgehead atoms. The average molecular weight is 541 g/mol. The molecule has 2 aliphatic heterocycles. The molecule has 4 aromatic carbocycles. The summed E-state index contributed by atoms with van der Waals surface area (Å²) in [6, 6.07) is 32.9. The monoisotopic (exact) mass is 540 g/mol. The first kappa shape index (κ1) is 24.7. The van der Waals surface area contributed by atoms with Crippen molar-refractivity contribution in [1.82, 2.24) is 9.78 Å². The number of hydrogen-bond donors (Lipinski definition) is 2. The molecule has 0 unspecified atom stereocenters. The van der Waals surface area contributed by atoms with Crippen molar-refractivity contribution in [2.24, 2.45) is 9.98 Å². The number of benzene rings is 4. The first-order chi connectivity index (χ1) is 20.1. The normalized spacial score (nSPS) is 15.3. The summed E-state index contributed by atoms with van der Waals surface area (Å²) in [5.74, 6) is 2.89. The van der Waals surface area contributed by atoms with Gasteiger partial charge in [-0.3, -0.25) is 0 Å². The molecule has 8 heteroatoms. The summed E-state index contributed by atoms with van der Waals surface area (Å²) in [6.45, 7) is 4.52. The first-order valence-electron chi connectivity index (χ1n) is 13.6. The summed E-state index contributed by atoms with van der Waals surface area (Å²) in [4.78, 5) is 12.5. The molecular weight excluding hydrogens is 512 g/mol. The number of nitrogens with zero attached hydrogens (tertiary/aromatic N) is 5. The minimum Gasteiger partial charge on any atom is -0.508 e. The molecule has 0 saturated carbocycles. The van der Waals surface area contributed by atoms with E-state index < -0.39 is 0 Å². The van der Waals surface area contributed by atoms with Crippen LogP contribution in [0, 0.1) is 6.92 Å². The zero-order valence-electron chi connectivity index (χ0n) is 22.7. The van der Waals surface area contributed by atoms with Crippen molar-refractivity contribution >= 4 is 34.6 Å². The van der Waals surface area contributed by atoms with E-state index in [1.54, 1.807) is 6.07 Å². The quantitative estimate of drug-likeness (QED) is 0.249. The number of hydrogen-bond acceptors (Lipinski definition) is 7. The number of phenols is 1. The summed E-state index contributed by atoms with van der Waals surface area (Å²) >= 11 is 0. The molecule has 0 fully saturated rings. The summed E-state index contributed by atoms with van der Waals surface area (Å²) in [5, 5.41) is 19.0. The van der Waals surface area contributed by atoms with E-state index in [1.165, 1.54) is 0 Å². The van der Waals surface area contributed by atoms with Crippen molar-refractivity contribution in [3.63, 3.8) is 0 Å². The molecule has 0 saturated heterocycles. The molecule has 41 heavy (non-hydrogen) atoms. The zero-order valence-corrected chi connectivity index (χ0v) is 22.7. The number of aryl methyl sites for hydroxylation is 1. The fraction of sp³-hybridized carbons (Fsp3) is 0.121. The Morgan fingerprint density at radius 2 is 1.66 bits per heavy atom. The fourth-order valence-electron chi connectivity index (χ4n) is 5.54. The summed E-state index contributed by atoms with van der Waals surface area (Å²) in [7, 11) is 0. The van der Waals surface area contributed by atoms with Gasteiger partial charge >= 0.3 is 0 Å². The van der Waals surface area contributed by atoms with Gasteiger partial charge in [0, 0.05) is 5.56 Å². The molecule has 0 radical (unpaired) electrons. The number of ether oxygens (including phenoxy) is 1. The van der Waals surface area contributed by atoms with Gasteiger partial charge in [0.15, 0.2) is 17.5 Å². The van der Waals surface area contributed by atoms with Crippen molar-refractivity contribution in [1.29, 1.82) is 0 Å². The van der Waals surface area contributed by atoms with Gasteiger partial charge < -0.3 is 20.1 Å². The van der Waals surface area contributed by atoms with Gasteiger partial charge in [0.1, 0.15) is 11.5 Å². The van der Waals surface area contributed by atoms with E-state index in [2.05, 4.69) is 16.3 Å². The second kappa shape index (κ2) is 9.98. The summed E-state index contributed by atoms with van der Waals surface area (Å²) in [5.41, 5.74) is 6.17. The molecule has 0 aliphatic carbocycles. The number of nitrogens with one attached hydrogen (secondary N) is 1. The van der Waals surface area contributed by atoms with Gasteiger partial charge in [-0.15, -0.1) is 0 Å². The molecule has 7 rings (SSSR count). The number of aromatic hydroxyl groups is 1. The number of amidine groups is 2. The molecule has 0 spiro atoms. The Bertz CT molecular complexity index is 1830. The van der Waals surface area contributed by atoms with Crippen LogP contribution in [0.15, 0.2) is 113 Å². The lowest BCUT2D eigenvalue weighted by molar-refractivity contribution is 0.342. The second-order valence-corrected chi connectivity index (χ2v) is 9.88. The van der Waals surface area contributed by atoms with Gasteiger partial charge in [-0.2, -0.15) is 5.10 Å². The second-order valence-electron chi connectivity index (χ2n) is 9.88. The van der Waals surface area contributed by atoms with Crippen molar-refractivity contribution in [3.05, 3.63) is 120 Å². The zero-order chi connectivity index (χ0) is 27.9. The Balaban J connectivity index is 1.49. The molecule has 8 nitrogen and oxygen atoms in total. The number of anilines is 2. The minimum absolute atomic E-state index is 0.198. The third-order valence-corrected chi connectivity index (χ3v) is 7.26. The fourth-order valence-corrected chi connectivity index (χ4v) is 5.54. The van der Waals surface area contributed by atoms with Crippen LogP contribution in [0.25, 0.3) is 5.69 Å². The minimum atomic E-state index is -0.322. The summed E-state index contributed by atoms with van der Waals surface area (Å²) in [6.07, 6.45) is 0. The van der Waals surface area contributed by atoms with E-state index in [0.717, 1.165) is 51.1 Å². The molecular formula is C33H28N6O2. The molecule has 5 aromatic rings. The molecule has 0 amide bonds. The van der Waals surface area contributed by atoms with E-state index >= 15 is 0 Å². The van der Waals surface area contributed by atoms with E-state index in [0.29, 0.717) is 18.3 Å². The third kappa shape index (κ3) is 4.21. The van der Waals surface area contributed by atoms with E-state index in [1.807, 2.05) is 110 Å². The van der Waals surface area contributed by atoms with E-state index in [4.69, 9.17) is 19.8 Å². The number of rotatable bonds is 5. The Labute approximate surface area is 237 Å². The Morgan fingerprint density at radius 3 is 2.49 bits per heavy atom. The highest BCUT2D eigenvalue weighted by Gasteiger charge is 2.41. The van der Waals surface area contributed by atoms with Crippen LogP contribution in [0.1, 0.15) is 29.8 Å². The maximum atomic E-state index is 10.5. The van der Waals surface area contributed by atoms with Gasteiger partial charge in [0.05, 0.1) is 41.1 Å². The predicted molar refractivity (Wildman–Crippen MR) is 163 cm³/mol. The van der Waals surface area contributed by atoms with Gasteiger partial charge in [-0.25, -0.2) is 14.7 Å². The highest BCUT2D eigenvalue weighted by atomic mass is 16.5. The predicted octanol–water partition coefficient (Wildman–Crippen LogP) is 7.08. The van der Waals surface area contributed by atoms with E-state index in [-0.39, 0.29) is 11.8 Å². The lowest BCUT2D eigenvalue weighted by Gasteiger charge is -2.40. The van der Waals surface area contributed by atoms with Gasteiger partial charge in [0.25, 0.3) is 0 Å². The average Bonchev–Trinajstić information content (AvgIpc) is 3.33. The number of aliphatic imine (C=N–C) groups is 2. The SMILES string of the molecule is CCOc1ccccc1NC1=Nc2ccccc2N2C1=Nc1c(c(C)nn1-c1ccccc1)[C@@H]2c1cccc(O)c1. The van der Waals surface area contributed by atoms with Crippen LogP contribution in [0.4, 0.5) is 22.9 Å². The van der Waals surface area contributed by atoms with Crippen LogP contribution in [-0.2, 0) is 0 Å². The lowest BCUT2D eigenvalue weighted by atomic mass is 9.93.